The zero-order valence-electron chi connectivity index (χ0n) is 9.55. The first-order chi connectivity index (χ1) is 7.17. The summed E-state index contributed by atoms with van der Waals surface area (Å²) in [7, 11) is 1.69. The number of methoxy groups -OCH3 is 1. The first-order valence-electron chi connectivity index (χ1n) is 5.37. The lowest BCUT2D eigenvalue weighted by Crippen LogP contribution is -2.44. The van der Waals surface area contributed by atoms with Crippen LogP contribution < -0.4 is 15.4 Å². The molecule has 0 fully saturated rings. The Morgan fingerprint density at radius 1 is 1.40 bits per heavy atom. The molecule has 1 atom stereocenters. The Hall–Kier alpha value is -1.38. The zero-order chi connectivity index (χ0) is 10.9. The standard InChI is InChI=1S/C12H18N2O/c1-4-12(2)8-13-10-6-5-9(15-3)7-11(10)14-12/h5-7,13-14H,4,8H2,1-3H3. The highest BCUT2D eigenvalue weighted by atomic mass is 16.5. The fourth-order valence-corrected chi connectivity index (χ4v) is 1.78. The summed E-state index contributed by atoms with van der Waals surface area (Å²) in [4.78, 5) is 0. The smallest absolute Gasteiger partial charge is 0.121 e. The van der Waals surface area contributed by atoms with E-state index >= 15 is 0 Å². The van der Waals surface area contributed by atoms with Crippen molar-refractivity contribution in [3.8, 4) is 5.75 Å². The van der Waals surface area contributed by atoms with Crippen LogP contribution in [0.2, 0.25) is 0 Å². The number of ether oxygens (including phenoxy) is 1. The average molecular weight is 206 g/mol. The minimum atomic E-state index is 0.138. The molecule has 1 unspecified atom stereocenters. The van der Waals surface area contributed by atoms with Crippen molar-refractivity contribution < 1.29 is 4.74 Å². The maximum atomic E-state index is 5.21. The summed E-state index contributed by atoms with van der Waals surface area (Å²) in [6.07, 6.45) is 1.09. The van der Waals surface area contributed by atoms with Gasteiger partial charge in [0.1, 0.15) is 5.75 Å². The monoisotopic (exact) mass is 206 g/mol. The molecule has 1 aliphatic rings. The van der Waals surface area contributed by atoms with Gasteiger partial charge in [0.2, 0.25) is 0 Å². The molecule has 0 saturated heterocycles. The summed E-state index contributed by atoms with van der Waals surface area (Å²) in [6, 6.07) is 6.06. The van der Waals surface area contributed by atoms with Crippen molar-refractivity contribution in [3.05, 3.63) is 18.2 Å². The Bertz CT molecular complexity index is 365. The molecule has 0 amide bonds. The molecule has 1 aromatic rings. The zero-order valence-corrected chi connectivity index (χ0v) is 9.55. The number of hydrogen-bond donors (Lipinski definition) is 2. The number of rotatable bonds is 2. The van der Waals surface area contributed by atoms with Gasteiger partial charge in [0.25, 0.3) is 0 Å². The Morgan fingerprint density at radius 3 is 2.87 bits per heavy atom. The highest BCUT2D eigenvalue weighted by Gasteiger charge is 2.26. The Morgan fingerprint density at radius 2 is 2.20 bits per heavy atom. The van der Waals surface area contributed by atoms with Gasteiger partial charge in [0, 0.05) is 12.6 Å². The van der Waals surface area contributed by atoms with Gasteiger partial charge in [-0.15, -0.1) is 0 Å². The number of hydrogen-bond acceptors (Lipinski definition) is 3. The van der Waals surface area contributed by atoms with E-state index in [-0.39, 0.29) is 5.54 Å². The van der Waals surface area contributed by atoms with Crippen LogP contribution >= 0.6 is 0 Å². The highest BCUT2D eigenvalue weighted by Crippen LogP contribution is 2.34. The largest absolute Gasteiger partial charge is 0.497 e. The molecule has 3 heteroatoms. The van der Waals surface area contributed by atoms with Crippen LogP contribution in [-0.2, 0) is 0 Å². The van der Waals surface area contributed by atoms with E-state index in [1.807, 2.05) is 12.1 Å². The van der Waals surface area contributed by atoms with Crippen LogP contribution in [0.25, 0.3) is 0 Å². The van der Waals surface area contributed by atoms with Crippen LogP contribution in [0.5, 0.6) is 5.75 Å². The third-order valence-electron chi connectivity index (χ3n) is 3.11. The lowest BCUT2D eigenvalue weighted by atomic mass is 9.95. The normalized spacial score (nSPS) is 23.7. The van der Waals surface area contributed by atoms with Crippen molar-refractivity contribution >= 4 is 11.4 Å². The molecule has 0 bridgehead atoms. The number of anilines is 2. The van der Waals surface area contributed by atoms with E-state index in [1.54, 1.807) is 7.11 Å². The van der Waals surface area contributed by atoms with E-state index in [2.05, 4.69) is 30.5 Å². The maximum Gasteiger partial charge on any atom is 0.121 e. The summed E-state index contributed by atoms with van der Waals surface area (Å²) in [6.45, 7) is 5.38. The van der Waals surface area contributed by atoms with Crippen molar-refractivity contribution in [3.63, 3.8) is 0 Å². The van der Waals surface area contributed by atoms with Crippen LogP contribution in [0.1, 0.15) is 20.3 Å². The lowest BCUT2D eigenvalue weighted by molar-refractivity contribution is 0.414. The van der Waals surface area contributed by atoms with Crippen molar-refractivity contribution in [2.75, 3.05) is 24.3 Å². The number of nitrogens with one attached hydrogen (secondary N) is 2. The van der Waals surface area contributed by atoms with E-state index in [0.717, 1.165) is 30.1 Å². The van der Waals surface area contributed by atoms with Crippen LogP contribution in [0, 0.1) is 0 Å². The molecule has 3 nitrogen and oxygen atoms in total. The van der Waals surface area contributed by atoms with Gasteiger partial charge in [0.15, 0.2) is 0 Å². The molecule has 0 aromatic heterocycles. The predicted molar refractivity (Wildman–Crippen MR) is 63.8 cm³/mol. The van der Waals surface area contributed by atoms with Gasteiger partial charge >= 0.3 is 0 Å². The second-order valence-corrected chi connectivity index (χ2v) is 4.30. The molecule has 15 heavy (non-hydrogen) atoms. The summed E-state index contributed by atoms with van der Waals surface area (Å²) in [5.41, 5.74) is 2.42. The van der Waals surface area contributed by atoms with Crippen molar-refractivity contribution in [2.45, 2.75) is 25.8 Å². The maximum absolute atomic E-state index is 5.21. The van der Waals surface area contributed by atoms with Gasteiger partial charge in [-0.1, -0.05) is 6.92 Å². The topological polar surface area (TPSA) is 33.3 Å². The molecule has 1 aliphatic heterocycles. The van der Waals surface area contributed by atoms with E-state index < -0.39 is 0 Å². The van der Waals surface area contributed by atoms with Crippen LogP contribution in [-0.4, -0.2) is 19.2 Å². The van der Waals surface area contributed by atoms with Crippen LogP contribution in [0.15, 0.2) is 18.2 Å². The molecule has 2 rings (SSSR count). The van der Waals surface area contributed by atoms with Crippen molar-refractivity contribution in [2.24, 2.45) is 0 Å². The fraction of sp³-hybridized carbons (Fsp3) is 0.500. The van der Waals surface area contributed by atoms with Crippen LogP contribution in [0.3, 0.4) is 0 Å². The lowest BCUT2D eigenvalue weighted by Gasteiger charge is -2.37. The molecule has 2 N–H and O–H groups in total. The van der Waals surface area contributed by atoms with Gasteiger partial charge < -0.3 is 15.4 Å². The molecule has 1 aromatic carbocycles. The van der Waals surface area contributed by atoms with Gasteiger partial charge in [-0.2, -0.15) is 0 Å². The Labute approximate surface area is 90.8 Å². The molecular formula is C12H18N2O. The van der Waals surface area contributed by atoms with Crippen molar-refractivity contribution in [1.82, 2.24) is 0 Å². The van der Waals surface area contributed by atoms with Crippen molar-refractivity contribution in [1.29, 1.82) is 0 Å². The fourth-order valence-electron chi connectivity index (χ4n) is 1.78. The molecule has 1 heterocycles. The first kappa shape index (κ1) is 10.1. The minimum absolute atomic E-state index is 0.138. The minimum Gasteiger partial charge on any atom is -0.497 e. The number of fused-ring (bicyclic) bond motifs is 1. The average Bonchev–Trinajstić information content (AvgIpc) is 2.28. The molecule has 0 aliphatic carbocycles. The first-order valence-corrected chi connectivity index (χ1v) is 5.37. The highest BCUT2D eigenvalue weighted by molar-refractivity contribution is 5.73. The summed E-state index contributed by atoms with van der Waals surface area (Å²) < 4.78 is 5.21. The predicted octanol–water partition coefficient (Wildman–Crippen LogP) is 2.70. The van der Waals surface area contributed by atoms with E-state index in [4.69, 9.17) is 4.74 Å². The Kier molecular flexibility index (Phi) is 2.47. The van der Waals surface area contributed by atoms with E-state index in [9.17, 15) is 0 Å². The van der Waals surface area contributed by atoms with E-state index in [1.165, 1.54) is 0 Å². The molecular weight excluding hydrogens is 188 g/mol. The molecule has 0 spiro atoms. The van der Waals surface area contributed by atoms with Gasteiger partial charge in [-0.3, -0.25) is 0 Å². The van der Waals surface area contributed by atoms with Crippen LogP contribution in [0.4, 0.5) is 11.4 Å². The van der Waals surface area contributed by atoms with Gasteiger partial charge in [-0.05, 0) is 25.5 Å². The second-order valence-electron chi connectivity index (χ2n) is 4.30. The summed E-state index contributed by atoms with van der Waals surface area (Å²) in [5, 5.41) is 6.99. The van der Waals surface area contributed by atoms with E-state index in [0.29, 0.717) is 0 Å². The third kappa shape index (κ3) is 1.87. The molecule has 82 valence electrons. The second kappa shape index (κ2) is 3.65. The third-order valence-corrected chi connectivity index (χ3v) is 3.11. The molecule has 0 saturated carbocycles. The van der Waals surface area contributed by atoms with Gasteiger partial charge in [0.05, 0.1) is 24.0 Å². The van der Waals surface area contributed by atoms with Gasteiger partial charge in [-0.25, -0.2) is 0 Å². The Balaban J connectivity index is 2.31. The SMILES string of the molecule is CCC1(C)CNc2ccc(OC)cc2N1. The number of benzene rings is 1. The quantitative estimate of drug-likeness (QED) is 0.780. The summed E-state index contributed by atoms with van der Waals surface area (Å²) >= 11 is 0. The summed E-state index contributed by atoms with van der Waals surface area (Å²) in [5.74, 6) is 0.892. The molecule has 0 radical (unpaired) electrons.